The maximum atomic E-state index is 11.0. The Morgan fingerprint density at radius 2 is 1.86 bits per heavy atom. The highest BCUT2D eigenvalue weighted by atomic mass is 32.2. The third kappa shape index (κ3) is 1.65. The number of carbonyl (C=O) groups excluding carboxylic acids is 2. The zero-order valence-corrected chi connectivity index (χ0v) is 8.43. The highest BCUT2D eigenvalue weighted by molar-refractivity contribution is 8.01. The van der Waals surface area contributed by atoms with Crippen molar-refractivity contribution >= 4 is 23.5 Å². The van der Waals surface area contributed by atoms with Gasteiger partial charge < -0.3 is 5.32 Å². The molecule has 0 aromatic heterocycles. The van der Waals surface area contributed by atoms with Crippen LogP contribution in [0.25, 0.3) is 0 Å². The fraction of sp³-hybridized carbons (Fsp3) is 0.200. The van der Waals surface area contributed by atoms with Crippen LogP contribution in [0.5, 0.6) is 0 Å². The van der Waals surface area contributed by atoms with Crippen LogP contribution in [0.4, 0.5) is 0 Å². The van der Waals surface area contributed by atoms with Crippen molar-refractivity contribution in [1.29, 1.82) is 0 Å². The molecule has 1 heterocycles. The van der Waals surface area contributed by atoms with Crippen LogP contribution in [-0.2, 0) is 9.59 Å². The Morgan fingerprint density at radius 1 is 1.21 bits per heavy atom. The van der Waals surface area contributed by atoms with Gasteiger partial charge >= 0.3 is 0 Å². The number of rotatable bonds is 2. The van der Waals surface area contributed by atoms with E-state index >= 15 is 0 Å². The highest BCUT2D eigenvalue weighted by Crippen LogP contribution is 2.25. The molecule has 2 rings (SSSR count). The Balaban J connectivity index is 2.02. The van der Waals surface area contributed by atoms with Gasteiger partial charge in [-0.15, -0.1) is 0 Å². The molecule has 72 valence electrons. The molecule has 1 aromatic carbocycles. The summed E-state index contributed by atoms with van der Waals surface area (Å²) < 4.78 is 0. The number of ketones is 1. The third-order valence-corrected chi connectivity index (χ3v) is 3.11. The Bertz CT molecular complexity index is 386. The number of benzene rings is 1. The van der Waals surface area contributed by atoms with Crippen LogP contribution in [0.15, 0.2) is 29.2 Å². The van der Waals surface area contributed by atoms with Gasteiger partial charge in [0.25, 0.3) is 11.7 Å². The topological polar surface area (TPSA) is 46.2 Å². The smallest absolute Gasteiger partial charge is 0.291 e. The fourth-order valence-corrected chi connectivity index (χ4v) is 2.08. The summed E-state index contributed by atoms with van der Waals surface area (Å²) in [5.74, 6) is -0.815. The lowest BCUT2D eigenvalue weighted by molar-refractivity contribution is -0.144. The van der Waals surface area contributed by atoms with E-state index < -0.39 is 5.91 Å². The summed E-state index contributed by atoms with van der Waals surface area (Å²) in [4.78, 5) is 22.6. The zero-order chi connectivity index (χ0) is 10.1. The number of aryl methyl sites for hydroxylation is 1. The summed E-state index contributed by atoms with van der Waals surface area (Å²) in [5, 5.41) is 2.15. The van der Waals surface area contributed by atoms with E-state index in [0.717, 1.165) is 4.90 Å². The summed E-state index contributed by atoms with van der Waals surface area (Å²) in [7, 11) is 0. The van der Waals surface area contributed by atoms with Gasteiger partial charge in [0.1, 0.15) is 5.37 Å². The second kappa shape index (κ2) is 3.46. The van der Waals surface area contributed by atoms with Crippen molar-refractivity contribution in [3.05, 3.63) is 29.8 Å². The Kier molecular flexibility index (Phi) is 2.29. The summed E-state index contributed by atoms with van der Waals surface area (Å²) >= 11 is 1.37. The molecule has 0 bridgehead atoms. The number of amides is 1. The van der Waals surface area contributed by atoms with Gasteiger partial charge in [0.05, 0.1) is 0 Å². The molecule has 1 aliphatic heterocycles. The lowest BCUT2D eigenvalue weighted by Crippen LogP contribution is -2.56. The van der Waals surface area contributed by atoms with E-state index in [-0.39, 0.29) is 11.2 Å². The SMILES string of the molecule is Cc1ccc(SC2NC(=O)C2=O)cc1. The standard InChI is InChI=1S/C10H9NO2S/c1-6-2-4-7(5-3-6)14-10-8(12)9(13)11-10/h2-5,10H,1H3,(H,11,13). The maximum Gasteiger partial charge on any atom is 0.291 e. The average Bonchev–Trinajstić information content (AvgIpc) is 2.20. The first-order chi connectivity index (χ1) is 6.66. The predicted molar refractivity (Wildman–Crippen MR) is 54.0 cm³/mol. The zero-order valence-electron chi connectivity index (χ0n) is 7.61. The van der Waals surface area contributed by atoms with E-state index in [4.69, 9.17) is 0 Å². The monoisotopic (exact) mass is 207 g/mol. The first kappa shape index (κ1) is 9.27. The molecule has 0 spiro atoms. The summed E-state index contributed by atoms with van der Waals surface area (Å²) in [6.45, 7) is 2.00. The van der Waals surface area contributed by atoms with E-state index in [9.17, 15) is 9.59 Å². The molecule has 14 heavy (non-hydrogen) atoms. The van der Waals surface area contributed by atoms with Crippen LogP contribution >= 0.6 is 11.8 Å². The first-order valence-electron chi connectivity index (χ1n) is 4.25. The highest BCUT2D eigenvalue weighted by Gasteiger charge is 2.37. The molecule has 1 unspecified atom stereocenters. The summed E-state index contributed by atoms with van der Waals surface area (Å²) in [6, 6.07) is 7.84. The van der Waals surface area contributed by atoms with Crippen molar-refractivity contribution in [3.63, 3.8) is 0 Å². The van der Waals surface area contributed by atoms with Crippen LogP contribution < -0.4 is 5.32 Å². The van der Waals surface area contributed by atoms with E-state index in [1.54, 1.807) is 0 Å². The van der Waals surface area contributed by atoms with Crippen LogP contribution in [0.1, 0.15) is 5.56 Å². The number of carbonyl (C=O) groups is 2. The number of β-lactam (4-membered cyclic amide) rings is 1. The molecule has 0 saturated carbocycles. The van der Waals surface area contributed by atoms with Crippen molar-refractivity contribution < 1.29 is 9.59 Å². The first-order valence-corrected chi connectivity index (χ1v) is 5.13. The van der Waals surface area contributed by atoms with Gasteiger partial charge in [-0.1, -0.05) is 29.5 Å². The Hall–Kier alpha value is -1.29. The van der Waals surface area contributed by atoms with Crippen LogP contribution in [0, 0.1) is 6.92 Å². The number of thioether (sulfide) groups is 1. The third-order valence-electron chi connectivity index (χ3n) is 2.00. The number of nitrogens with one attached hydrogen (secondary N) is 1. The van der Waals surface area contributed by atoms with Crippen LogP contribution in [-0.4, -0.2) is 17.1 Å². The Morgan fingerprint density at radius 3 is 2.36 bits per heavy atom. The predicted octanol–water partition coefficient (Wildman–Crippen LogP) is 1.11. The molecular formula is C10H9NO2S. The molecule has 1 saturated heterocycles. The second-order valence-corrected chi connectivity index (χ2v) is 4.33. The van der Waals surface area contributed by atoms with E-state index in [1.807, 2.05) is 31.2 Å². The molecule has 1 amide bonds. The molecule has 1 N–H and O–H groups in total. The molecule has 1 fully saturated rings. The maximum absolute atomic E-state index is 11.0. The van der Waals surface area contributed by atoms with Gasteiger partial charge in [-0.3, -0.25) is 9.59 Å². The molecular weight excluding hydrogens is 198 g/mol. The second-order valence-electron chi connectivity index (χ2n) is 3.15. The lowest BCUT2D eigenvalue weighted by Gasteiger charge is -2.23. The van der Waals surface area contributed by atoms with E-state index in [2.05, 4.69) is 5.32 Å². The van der Waals surface area contributed by atoms with Crippen molar-refractivity contribution in [2.24, 2.45) is 0 Å². The van der Waals surface area contributed by atoms with Gasteiger partial charge in [-0.05, 0) is 19.1 Å². The number of hydrogen-bond donors (Lipinski definition) is 1. The number of Topliss-reactive ketones (excluding diaryl/α,β-unsaturated/α-hetero) is 1. The van der Waals surface area contributed by atoms with Crippen LogP contribution in [0.3, 0.4) is 0 Å². The van der Waals surface area contributed by atoms with Gasteiger partial charge in [-0.25, -0.2) is 0 Å². The van der Waals surface area contributed by atoms with E-state index in [0.29, 0.717) is 0 Å². The fourth-order valence-electron chi connectivity index (χ4n) is 1.13. The van der Waals surface area contributed by atoms with Crippen LogP contribution in [0.2, 0.25) is 0 Å². The normalized spacial score (nSPS) is 20.2. The molecule has 3 nitrogen and oxygen atoms in total. The molecule has 4 heteroatoms. The molecule has 1 atom stereocenters. The van der Waals surface area contributed by atoms with Gasteiger partial charge in [0.15, 0.2) is 0 Å². The molecule has 0 aliphatic carbocycles. The average molecular weight is 207 g/mol. The van der Waals surface area contributed by atoms with Crippen molar-refractivity contribution in [2.75, 3.05) is 0 Å². The van der Waals surface area contributed by atoms with E-state index in [1.165, 1.54) is 17.3 Å². The van der Waals surface area contributed by atoms with Gasteiger partial charge in [0, 0.05) is 4.90 Å². The summed E-state index contributed by atoms with van der Waals surface area (Å²) in [6.07, 6.45) is 0. The summed E-state index contributed by atoms with van der Waals surface area (Å²) in [5.41, 5.74) is 1.18. The lowest BCUT2D eigenvalue weighted by atomic mass is 10.2. The van der Waals surface area contributed by atoms with Crippen molar-refractivity contribution in [3.8, 4) is 0 Å². The minimum absolute atomic E-state index is 0.337. The largest absolute Gasteiger partial charge is 0.330 e. The molecule has 1 aromatic rings. The van der Waals surface area contributed by atoms with Gasteiger partial charge in [0.2, 0.25) is 0 Å². The minimum Gasteiger partial charge on any atom is -0.330 e. The minimum atomic E-state index is -0.477. The Labute approximate surface area is 85.9 Å². The number of hydrogen-bond acceptors (Lipinski definition) is 3. The van der Waals surface area contributed by atoms with Crippen molar-refractivity contribution in [2.45, 2.75) is 17.2 Å². The van der Waals surface area contributed by atoms with Crippen molar-refractivity contribution in [1.82, 2.24) is 5.32 Å². The van der Waals surface area contributed by atoms with Gasteiger partial charge in [-0.2, -0.15) is 0 Å². The molecule has 1 aliphatic rings. The molecule has 0 radical (unpaired) electrons. The quantitative estimate of drug-likeness (QED) is 0.583.